The van der Waals surface area contributed by atoms with Gasteiger partial charge in [0.2, 0.25) is 5.95 Å². The largest absolute Gasteiger partial charge is 0.478 e. The zero-order valence-electron chi connectivity index (χ0n) is 12.3. The highest BCUT2D eigenvalue weighted by atomic mass is 16.5. The van der Waals surface area contributed by atoms with Gasteiger partial charge in [0.15, 0.2) is 11.2 Å². The fourth-order valence-corrected chi connectivity index (χ4v) is 2.14. The van der Waals surface area contributed by atoms with E-state index in [1.165, 1.54) is 23.4 Å². The van der Waals surface area contributed by atoms with Gasteiger partial charge < -0.3 is 14.4 Å². The molecule has 23 heavy (non-hydrogen) atoms. The molecule has 0 aliphatic carbocycles. The summed E-state index contributed by atoms with van der Waals surface area (Å²) in [6.07, 6.45) is 4.75. The average Bonchev–Trinajstić information content (AvgIpc) is 3.15. The van der Waals surface area contributed by atoms with Crippen LogP contribution in [0.1, 0.15) is 16.8 Å². The predicted octanol–water partition coefficient (Wildman–Crippen LogP) is 0.0400. The fraction of sp³-hybridized carbons (Fsp3) is 0.308. The normalized spacial score (nSPS) is 11.2. The summed E-state index contributed by atoms with van der Waals surface area (Å²) in [5, 5.41) is 12.8. The Hall–Kier alpha value is -3.01. The van der Waals surface area contributed by atoms with Gasteiger partial charge in [0.1, 0.15) is 0 Å². The second-order valence-corrected chi connectivity index (χ2v) is 4.82. The van der Waals surface area contributed by atoms with Crippen LogP contribution in [0.25, 0.3) is 17.1 Å². The maximum Gasteiger partial charge on any atom is 0.338 e. The molecule has 0 spiro atoms. The lowest BCUT2D eigenvalue weighted by Crippen LogP contribution is -2.15. The minimum absolute atomic E-state index is 0.00125. The Bertz CT molecular complexity index is 909. The van der Waals surface area contributed by atoms with E-state index < -0.39 is 11.5 Å². The lowest BCUT2D eigenvalue weighted by molar-refractivity contribution is 0.0697. The number of nitrogens with zero attached hydrogens (tertiary/aromatic N) is 5. The third-order valence-corrected chi connectivity index (χ3v) is 3.26. The number of hydrogen-bond acceptors (Lipinski definition) is 6. The number of rotatable bonds is 6. The van der Waals surface area contributed by atoms with Crippen molar-refractivity contribution in [1.29, 1.82) is 0 Å². The van der Waals surface area contributed by atoms with Crippen LogP contribution in [0.4, 0.5) is 0 Å². The van der Waals surface area contributed by atoms with Crippen LogP contribution >= 0.6 is 0 Å². The van der Waals surface area contributed by atoms with Gasteiger partial charge >= 0.3 is 5.97 Å². The van der Waals surface area contributed by atoms with Gasteiger partial charge in [-0.1, -0.05) is 0 Å². The second kappa shape index (κ2) is 6.01. The molecular weight excluding hydrogens is 304 g/mol. The Labute approximate surface area is 129 Å². The highest BCUT2D eigenvalue weighted by Gasteiger charge is 2.13. The Morgan fingerprint density at radius 2 is 2.30 bits per heavy atom. The van der Waals surface area contributed by atoms with Gasteiger partial charge in [-0.15, -0.1) is 0 Å². The van der Waals surface area contributed by atoms with Crippen molar-refractivity contribution in [2.75, 3.05) is 13.7 Å². The van der Waals surface area contributed by atoms with Crippen LogP contribution in [0.2, 0.25) is 0 Å². The highest BCUT2D eigenvalue weighted by Crippen LogP contribution is 2.09. The molecule has 0 bridgehead atoms. The molecule has 3 aromatic rings. The first-order valence-electron chi connectivity index (χ1n) is 6.82. The first-order valence-corrected chi connectivity index (χ1v) is 6.82. The number of imidazole rings is 1. The van der Waals surface area contributed by atoms with Crippen molar-refractivity contribution in [2.24, 2.45) is 0 Å². The standard InChI is InChI=1S/C13H14N6O4/c1-23-4-2-3-18-7-14-9-10(18)16-13(17-11(9)20)19-6-8(5-15-19)12(21)22/h5-7H,2-4H2,1H3,(H,21,22)(H,16,17,20). The summed E-state index contributed by atoms with van der Waals surface area (Å²) < 4.78 is 7.95. The number of nitrogens with one attached hydrogen (secondary N) is 1. The molecule has 10 heteroatoms. The number of carboxylic acids is 1. The molecule has 3 heterocycles. The number of aryl methyl sites for hydroxylation is 1. The number of carboxylic acid groups (broad SMARTS) is 1. The average molecular weight is 318 g/mol. The van der Waals surface area contributed by atoms with Gasteiger partial charge in [0.25, 0.3) is 5.56 Å². The third kappa shape index (κ3) is 2.83. The number of aromatic amines is 1. The number of H-pyrrole nitrogens is 1. The Kier molecular flexibility index (Phi) is 3.89. The van der Waals surface area contributed by atoms with E-state index in [0.29, 0.717) is 18.8 Å². The Morgan fingerprint density at radius 1 is 1.48 bits per heavy atom. The fourth-order valence-electron chi connectivity index (χ4n) is 2.14. The van der Waals surface area contributed by atoms with Crippen molar-refractivity contribution in [3.8, 4) is 5.95 Å². The number of fused-ring (bicyclic) bond motifs is 1. The summed E-state index contributed by atoms with van der Waals surface area (Å²) in [5.74, 6) is -0.979. The van der Waals surface area contributed by atoms with Crippen molar-refractivity contribution in [3.63, 3.8) is 0 Å². The molecule has 0 fully saturated rings. The van der Waals surface area contributed by atoms with E-state index in [4.69, 9.17) is 9.84 Å². The van der Waals surface area contributed by atoms with Gasteiger partial charge in [-0.05, 0) is 6.42 Å². The van der Waals surface area contributed by atoms with Crippen molar-refractivity contribution >= 4 is 17.1 Å². The van der Waals surface area contributed by atoms with Crippen molar-refractivity contribution in [3.05, 3.63) is 34.6 Å². The van der Waals surface area contributed by atoms with Gasteiger partial charge in [0, 0.05) is 26.5 Å². The van der Waals surface area contributed by atoms with Crippen LogP contribution in [0, 0.1) is 0 Å². The van der Waals surface area contributed by atoms with Crippen molar-refractivity contribution in [2.45, 2.75) is 13.0 Å². The second-order valence-electron chi connectivity index (χ2n) is 4.82. The molecule has 0 amide bonds. The van der Waals surface area contributed by atoms with E-state index in [9.17, 15) is 9.59 Å². The number of hydrogen-bond donors (Lipinski definition) is 2. The third-order valence-electron chi connectivity index (χ3n) is 3.26. The first-order chi connectivity index (χ1) is 11.1. The molecule has 120 valence electrons. The minimum atomic E-state index is -1.11. The maximum atomic E-state index is 12.1. The quantitative estimate of drug-likeness (QED) is 0.614. The zero-order chi connectivity index (χ0) is 16.4. The topological polar surface area (TPSA) is 128 Å². The molecule has 0 radical (unpaired) electrons. The highest BCUT2D eigenvalue weighted by molar-refractivity contribution is 5.86. The van der Waals surface area contributed by atoms with Gasteiger partial charge in [0.05, 0.1) is 18.1 Å². The molecule has 2 N–H and O–H groups in total. The molecule has 0 aliphatic rings. The van der Waals surface area contributed by atoms with Gasteiger partial charge in [-0.3, -0.25) is 9.78 Å². The van der Waals surface area contributed by atoms with E-state index in [2.05, 4.69) is 20.1 Å². The van der Waals surface area contributed by atoms with Gasteiger partial charge in [-0.2, -0.15) is 10.1 Å². The number of ether oxygens (including phenoxy) is 1. The Morgan fingerprint density at radius 3 is 3.00 bits per heavy atom. The number of aromatic carboxylic acids is 1. The zero-order valence-corrected chi connectivity index (χ0v) is 12.3. The Balaban J connectivity index is 2.02. The van der Waals surface area contributed by atoms with Crippen LogP contribution in [0.5, 0.6) is 0 Å². The molecule has 0 unspecified atom stereocenters. The maximum absolute atomic E-state index is 12.1. The van der Waals surface area contributed by atoms with Crippen LogP contribution in [0.15, 0.2) is 23.5 Å². The number of aromatic nitrogens is 6. The van der Waals surface area contributed by atoms with Gasteiger partial charge in [-0.25, -0.2) is 14.5 Å². The van der Waals surface area contributed by atoms with Crippen molar-refractivity contribution < 1.29 is 14.6 Å². The van der Waals surface area contributed by atoms with E-state index >= 15 is 0 Å². The smallest absolute Gasteiger partial charge is 0.338 e. The van der Waals surface area contributed by atoms with Crippen LogP contribution in [-0.2, 0) is 11.3 Å². The summed E-state index contributed by atoms with van der Waals surface area (Å²) in [4.78, 5) is 33.9. The van der Waals surface area contributed by atoms with Crippen LogP contribution in [-0.4, -0.2) is 54.1 Å². The minimum Gasteiger partial charge on any atom is -0.478 e. The molecule has 0 saturated carbocycles. The number of methoxy groups -OCH3 is 1. The van der Waals surface area contributed by atoms with Crippen LogP contribution < -0.4 is 5.56 Å². The molecule has 0 aromatic carbocycles. The van der Waals surface area contributed by atoms with E-state index in [1.807, 2.05) is 0 Å². The molecule has 3 rings (SSSR count). The SMILES string of the molecule is COCCCn1cnc2c(=O)[nH]c(-n3cc(C(=O)O)cn3)nc21. The lowest BCUT2D eigenvalue weighted by atomic mass is 10.4. The molecule has 0 aliphatic heterocycles. The molecular formula is C13H14N6O4. The molecule has 0 saturated heterocycles. The summed E-state index contributed by atoms with van der Waals surface area (Å²) in [7, 11) is 1.62. The first kappa shape index (κ1) is 14.9. The molecule has 0 atom stereocenters. The summed E-state index contributed by atoms with van der Waals surface area (Å²) in [6.45, 7) is 1.18. The molecule has 10 nitrogen and oxygen atoms in total. The summed E-state index contributed by atoms with van der Waals surface area (Å²) in [5.41, 5.74) is 0.216. The molecule has 3 aromatic heterocycles. The summed E-state index contributed by atoms with van der Waals surface area (Å²) in [6, 6.07) is 0. The lowest BCUT2D eigenvalue weighted by Gasteiger charge is -2.04. The van der Waals surface area contributed by atoms with Crippen molar-refractivity contribution in [1.82, 2.24) is 29.3 Å². The monoisotopic (exact) mass is 318 g/mol. The van der Waals surface area contributed by atoms with Crippen LogP contribution in [0.3, 0.4) is 0 Å². The summed E-state index contributed by atoms with van der Waals surface area (Å²) >= 11 is 0. The van der Waals surface area contributed by atoms with E-state index in [0.717, 1.165) is 6.42 Å². The predicted molar refractivity (Wildman–Crippen MR) is 78.7 cm³/mol. The number of carbonyl (C=O) groups is 1. The van der Waals surface area contributed by atoms with E-state index in [1.54, 1.807) is 11.7 Å². The van der Waals surface area contributed by atoms with E-state index in [-0.39, 0.29) is 17.0 Å².